The number of ether oxygens (including phenoxy) is 2. The van der Waals surface area contributed by atoms with Crippen molar-refractivity contribution in [3.05, 3.63) is 52.5 Å². The SMILES string of the molecule is CCOc1cc(/C=N/NC(=O)c2ccccc2OC)cc(Cl)c1O. The molecule has 2 rings (SSSR count). The number of hydrogen-bond donors (Lipinski definition) is 2. The van der Waals surface area contributed by atoms with Gasteiger partial charge in [-0.25, -0.2) is 5.43 Å². The van der Waals surface area contributed by atoms with Gasteiger partial charge in [0.1, 0.15) is 5.75 Å². The van der Waals surface area contributed by atoms with E-state index in [0.29, 0.717) is 23.5 Å². The Kier molecular flexibility index (Phi) is 6.03. The topological polar surface area (TPSA) is 80.2 Å². The van der Waals surface area contributed by atoms with Gasteiger partial charge in [0.15, 0.2) is 11.5 Å². The van der Waals surface area contributed by atoms with Gasteiger partial charge in [-0.2, -0.15) is 5.10 Å². The van der Waals surface area contributed by atoms with Crippen LogP contribution < -0.4 is 14.9 Å². The molecule has 24 heavy (non-hydrogen) atoms. The maximum Gasteiger partial charge on any atom is 0.275 e. The van der Waals surface area contributed by atoms with Gasteiger partial charge in [0.05, 0.1) is 30.5 Å². The number of carbonyl (C=O) groups excluding carboxylic acids is 1. The molecule has 0 radical (unpaired) electrons. The van der Waals surface area contributed by atoms with Gasteiger partial charge in [0, 0.05) is 0 Å². The first-order valence-corrected chi connectivity index (χ1v) is 7.56. The Hall–Kier alpha value is -2.73. The maximum absolute atomic E-state index is 12.1. The van der Waals surface area contributed by atoms with Crippen molar-refractivity contribution in [2.75, 3.05) is 13.7 Å². The second kappa shape index (κ2) is 8.21. The number of phenols is 1. The van der Waals surface area contributed by atoms with Crippen molar-refractivity contribution in [3.8, 4) is 17.2 Å². The van der Waals surface area contributed by atoms with Crippen LogP contribution in [0.15, 0.2) is 41.5 Å². The lowest BCUT2D eigenvalue weighted by Gasteiger charge is -2.08. The highest BCUT2D eigenvalue weighted by molar-refractivity contribution is 6.32. The fourth-order valence-electron chi connectivity index (χ4n) is 1.99. The Morgan fingerprint density at radius 2 is 2.08 bits per heavy atom. The van der Waals surface area contributed by atoms with E-state index in [9.17, 15) is 9.90 Å². The number of nitrogens with one attached hydrogen (secondary N) is 1. The summed E-state index contributed by atoms with van der Waals surface area (Å²) in [6.45, 7) is 2.18. The lowest BCUT2D eigenvalue weighted by atomic mass is 10.2. The van der Waals surface area contributed by atoms with E-state index in [1.165, 1.54) is 19.4 Å². The van der Waals surface area contributed by atoms with Gasteiger partial charge in [-0.1, -0.05) is 23.7 Å². The Bertz CT molecular complexity index is 762. The Labute approximate surface area is 144 Å². The molecule has 2 aromatic carbocycles. The number of methoxy groups -OCH3 is 1. The predicted molar refractivity (Wildman–Crippen MR) is 92.3 cm³/mol. The standard InChI is InChI=1S/C17H17ClN2O4/c1-3-24-15-9-11(8-13(18)16(15)21)10-19-20-17(22)12-6-4-5-7-14(12)23-2/h4-10,21H,3H2,1-2H3,(H,20,22)/b19-10+. The van der Waals surface area contributed by atoms with Crippen LogP contribution in [-0.4, -0.2) is 30.9 Å². The zero-order valence-electron chi connectivity index (χ0n) is 13.2. The Balaban J connectivity index is 2.13. The molecule has 0 heterocycles. The molecule has 1 amide bonds. The maximum atomic E-state index is 12.1. The number of carbonyl (C=O) groups is 1. The molecule has 0 fully saturated rings. The molecule has 2 N–H and O–H groups in total. The zero-order valence-corrected chi connectivity index (χ0v) is 14.0. The van der Waals surface area contributed by atoms with Gasteiger partial charge >= 0.3 is 0 Å². The van der Waals surface area contributed by atoms with E-state index in [0.717, 1.165) is 0 Å². The number of hydrogen-bond acceptors (Lipinski definition) is 5. The van der Waals surface area contributed by atoms with Crippen LogP contribution in [0.1, 0.15) is 22.8 Å². The van der Waals surface area contributed by atoms with Crippen molar-refractivity contribution in [1.82, 2.24) is 5.43 Å². The summed E-state index contributed by atoms with van der Waals surface area (Å²) in [5, 5.41) is 13.8. The largest absolute Gasteiger partial charge is 0.503 e. The number of hydrazone groups is 1. The van der Waals surface area contributed by atoms with Crippen molar-refractivity contribution in [3.63, 3.8) is 0 Å². The van der Waals surface area contributed by atoms with Crippen LogP contribution >= 0.6 is 11.6 Å². The monoisotopic (exact) mass is 348 g/mol. The van der Waals surface area contributed by atoms with E-state index in [1.54, 1.807) is 37.3 Å². The lowest BCUT2D eigenvalue weighted by Crippen LogP contribution is -2.18. The number of benzene rings is 2. The summed E-state index contributed by atoms with van der Waals surface area (Å²) >= 11 is 5.94. The molecule has 0 atom stereocenters. The van der Waals surface area contributed by atoms with Gasteiger partial charge in [0.2, 0.25) is 0 Å². The summed E-state index contributed by atoms with van der Waals surface area (Å²) in [4.78, 5) is 12.1. The Morgan fingerprint density at radius 3 is 2.79 bits per heavy atom. The van der Waals surface area contributed by atoms with Crippen LogP contribution in [0.25, 0.3) is 0 Å². The van der Waals surface area contributed by atoms with Gasteiger partial charge < -0.3 is 14.6 Å². The molecule has 0 aliphatic carbocycles. The van der Waals surface area contributed by atoms with Crippen molar-refractivity contribution in [2.45, 2.75) is 6.92 Å². The predicted octanol–water partition coefficient (Wildman–Crippen LogP) is 3.22. The third-order valence-electron chi connectivity index (χ3n) is 3.08. The number of para-hydroxylation sites is 1. The van der Waals surface area contributed by atoms with E-state index >= 15 is 0 Å². The summed E-state index contributed by atoms with van der Waals surface area (Å²) in [6, 6.07) is 9.91. The molecule has 0 aromatic heterocycles. The molecule has 7 heteroatoms. The molecule has 6 nitrogen and oxygen atoms in total. The molecule has 0 unspecified atom stereocenters. The van der Waals surface area contributed by atoms with Crippen LogP contribution in [0, 0.1) is 0 Å². The fraction of sp³-hybridized carbons (Fsp3) is 0.176. The highest BCUT2D eigenvalue weighted by atomic mass is 35.5. The second-order valence-electron chi connectivity index (χ2n) is 4.68. The highest BCUT2D eigenvalue weighted by Gasteiger charge is 2.11. The van der Waals surface area contributed by atoms with Gasteiger partial charge in [-0.05, 0) is 36.8 Å². The van der Waals surface area contributed by atoms with Gasteiger partial charge in [-0.3, -0.25) is 4.79 Å². The highest BCUT2D eigenvalue weighted by Crippen LogP contribution is 2.34. The molecule has 0 bridgehead atoms. The minimum atomic E-state index is -0.404. The summed E-state index contributed by atoms with van der Waals surface area (Å²) in [5.74, 6) is 0.173. The smallest absolute Gasteiger partial charge is 0.275 e. The normalized spacial score (nSPS) is 10.6. The number of halogens is 1. The van der Waals surface area contributed by atoms with E-state index in [4.69, 9.17) is 21.1 Å². The van der Waals surface area contributed by atoms with Crippen LogP contribution in [0.2, 0.25) is 5.02 Å². The molecule has 0 saturated carbocycles. The van der Waals surface area contributed by atoms with E-state index < -0.39 is 5.91 Å². The first-order chi connectivity index (χ1) is 11.6. The summed E-state index contributed by atoms with van der Waals surface area (Å²) < 4.78 is 10.4. The first-order valence-electron chi connectivity index (χ1n) is 7.18. The van der Waals surface area contributed by atoms with Crippen LogP contribution in [-0.2, 0) is 0 Å². The number of nitrogens with zero attached hydrogens (tertiary/aromatic N) is 1. The second-order valence-corrected chi connectivity index (χ2v) is 5.09. The number of phenolic OH excluding ortho intramolecular Hbond substituents is 1. The van der Waals surface area contributed by atoms with Crippen LogP contribution in [0.3, 0.4) is 0 Å². The fourth-order valence-corrected chi connectivity index (χ4v) is 2.21. The third-order valence-corrected chi connectivity index (χ3v) is 3.37. The van der Waals surface area contributed by atoms with Gasteiger partial charge in [0.25, 0.3) is 5.91 Å². The minimum Gasteiger partial charge on any atom is -0.503 e. The number of amides is 1. The van der Waals surface area contributed by atoms with E-state index in [2.05, 4.69) is 10.5 Å². The van der Waals surface area contributed by atoms with Crippen molar-refractivity contribution < 1.29 is 19.4 Å². The van der Waals surface area contributed by atoms with Crippen molar-refractivity contribution in [1.29, 1.82) is 0 Å². The first kappa shape index (κ1) is 17.6. The number of rotatable bonds is 6. The zero-order chi connectivity index (χ0) is 17.5. The average molecular weight is 349 g/mol. The summed E-state index contributed by atoms with van der Waals surface area (Å²) in [6.07, 6.45) is 1.40. The molecular formula is C17H17ClN2O4. The van der Waals surface area contributed by atoms with E-state index in [1.807, 2.05) is 0 Å². The van der Waals surface area contributed by atoms with Crippen LogP contribution in [0.5, 0.6) is 17.2 Å². The minimum absolute atomic E-state index is 0.131. The molecule has 126 valence electrons. The lowest BCUT2D eigenvalue weighted by molar-refractivity contribution is 0.0952. The van der Waals surface area contributed by atoms with Crippen molar-refractivity contribution >= 4 is 23.7 Å². The average Bonchev–Trinajstić information content (AvgIpc) is 2.59. The molecule has 2 aromatic rings. The molecule has 0 spiro atoms. The van der Waals surface area contributed by atoms with Gasteiger partial charge in [-0.15, -0.1) is 0 Å². The number of aromatic hydroxyl groups is 1. The Morgan fingerprint density at radius 1 is 1.33 bits per heavy atom. The summed E-state index contributed by atoms with van der Waals surface area (Å²) in [7, 11) is 1.49. The van der Waals surface area contributed by atoms with Crippen molar-refractivity contribution in [2.24, 2.45) is 5.10 Å². The molecule has 0 aliphatic heterocycles. The molecule has 0 aliphatic rings. The molecule has 0 saturated heterocycles. The quantitative estimate of drug-likeness (QED) is 0.620. The van der Waals surface area contributed by atoms with E-state index in [-0.39, 0.29) is 16.5 Å². The molecular weight excluding hydrogens is 332 g/mol. The summed E-state index contributed by atoms with van der Waals surface area (Å²) in [5.41, 5.74) is 3.35. The third kappa shape index (κ3) is 4.17. The van der Waals surface area contributed by atoms with Crippen LogP contribution in [0.4, 0.5) is 0 Å².